The molecule has 0 aliphatic rings. The topological polar surface area (TPSA) is 30.7 Å². The maximum Gasteiger partial charge on any atom is 0.129 e. The second kappa shape index (κ2) is 3.76. The van der Waals surface area contributed by atoms with E-state index in [4.69, 9.17) is 0 Å². The van der Waals surface area contributed by atoms with E-state index in [9.17, 15) is 0 Å². The highest BCUT2D eigenvalue weighted by molar-refractivity contribution is 6.83. The molecule has 2 aromatic rings. The number of aromatic nitrogens is 3. The standard InChI is InChI=1S/C12H15N3Si/c1-15-12-9-10(7-8-16(2,3)4)5-6-11(12)13-14-15/h5-6,9H,1-4H3. The van der Waals surface area contributed by atoms with Gasteiger partial charge in [-0.1, -0.05) is 30.8 Å². The molecule has 0 bridgehead atoms. The highest BCUT2D eigenvalue weighted by atomic mass is 28.3. The van der Waals surface area contributed by atoms with Crippen LogP contribution in [0.25, 0.3) is 11.0 Å². The van der Waals surface area contributed by atoms with Crippen molar-refractivity contribution in [3.63, 3.8) is 0 Å². The van der Waals surface area contributed by atoms with Crippen molar-refractivity contribution in [1.29, 1.82) is 0 Å². The molecule has 3 nitrogen and oxygen atoms in total. The Hall–Kier alpha value is -1.60. The van der Waals surface area contributed by atoms with Crippen LogP contribution in [0, 0.1) is 11.5 Å². The SMILES string of the molecule is Cn1nnc2ccc(C#C[Si](C)(C)C)cc21. The van der Waals surface area contributed by atoms with Crippen LogP contribution in [-0.2, 0) is 7.05 Å². The predicted molar refractivity (Wildman–Crippen MR) is 68.7 cm³/mol. The first-order chi connectivity index (χ1) is 7.46. The number of fused-ring (bicyclic) bond motifs is 1. The summed E-state index contributed by atoms with van der Waals surface area (Å²) in [5.41, 5.74) is 6.34. The van der Waals surface area contributed by atoms with Gasteiger partial charge in [-0.15, -0.1) is 10.6 Å². The van der Waals surface area contributed by atoms with Crippen LogP contribution < -0.4 is 0 Å². The van der Waals surface area contributed by atoms with Crippen LogP contribution in [0.1, 0.15) is 5.56 Å². The Morgan fingerprint density at radius 2 is 2.00 bits per heavy atom. The van der Waals surface area contributed by atoms with Gasteiger partial charge < -0.3 is 0 Å². The number of rotatable bonds is 0. The third-order valence-electron chi connectivity index (χ3n) is 2.19. The summed E-state index contributed by atoms with van der Waals surface area (Å²) in [6, 6.07) is 6.02. The molecule has 1 heterocycles. The smallest absolute Gasteiger partial charge is 0.129 e. The molecule has 82 valence electrons. The average Bonchev–Trinajstić information content (AvgIpc) is 2.56. The van der Waals surface area contributed by atoms with Gasteiger partial charge in [0.2, 0.25) is 0 Å². The van der Waals surface area contributed by atoms with Gasteiger partial charge in [0.05, 0.1) is 5.52 Å². The van der Waals surface area contributed by atoms with Crippen molar-refractivity contribution in [2.24, 2.45) is 7.05 Å². The van der Waals surface area contributed by atoms with Gasteiger partial charge in [0.1, 0.15) is 13.6 Å². The average molecular weight is 229 g/mol. The van der Waals surface area contributed by atoms with E-state index in [2.05, 4.69) is 41.4 Å². The van der Waals surface area contributed by atoms with Crippen molar-refractivity contribution in [3.05, 3.63) is 23.8 Å². The minimum atomic E-state index is -1.30. The van der Waals surface area contributed by atoms with E-state index in [1.807, 2.05) is 25.2 Å². The van der Waals surface area contributed by atoms with E-state index in [0.29, 0.717) is 0 Å². The molecule has 16 heavy (non-hydrogen) atoms. The molecule has 0 N–H and O–H groups in total. The molecule has 2 rings (SSSR count). The number of benzene rings is 1. The van der Waals surface area contributed by atoms with Crippen LogP contribution in [0.15, 0.2) is 18.2 Å². The Kier molecular flexibility index (Phi) is 2.56. The first-order valence-electron chi connectivity index (χ1n) is 5.28. The van der Waals surface area contributed by atoms with Gasteiger partial charge in [0, 0.05) is 12.6 Å². The van der Waals surface area contributed by atoms with Crippen molar-refractivity contribution in [1.82, 2.24) is 15.0 Å². The van der Waals surface area contributed by atoms with E-state index < -0.39 is 8.07 Å². The van der Waals surface area contributed by atoms with Crippen LogP contribution in [0.4, 0.5) is 0 Å². The van der Waals surface area contributed by atoms with E-state index in [0.717, 1.165) is 16.6 Å². The molecule has 0 amide bonds. The molecule has 0 saturated carbocycles. The second-order valence-electron chi connectivity index (χ2n) is 4.92. The second-order valence-corrected chi connectivity index (χ2v) is 9.67. The summed E-state index contributed by atoms with van der Waals surface area (Å²) in [6.07, 6.45) is 0. The Bertz CT molecular complexity index is 582. The van der Waals surface area contributed by atoms with Crippen molar-refractivity contribution in [3.8, 4) is 11.5 Å². The van der Waals surface area contributed by atoms with E-state index in [1.165, 1.54) is 0 Å². The lowest BCUT2D eigenvalue weighted by atomic mass is 10.2. The van der Waals surface area contributed by atoms with Crippen LogP contribution in [0.2, 0.25) is 19.6 Å². The fourth-order valence-corrected chi connectivity index (χ4v) is 1.89. The number of hydrogen-bond donors (Lipinski definition) is 0. The van der Waals surface area contributed by atoms with Crippen LogP contribution in [0.5, 0.6) is 0 Å². The van der Waals surface area contributed by atoms with Crippen molar-refractivity contribution >= 4 is 19.1 Å². The summed E-state index contributed by atoms with van der Waals surface area (Å²) in [7, 11) is 0.590. The fourth-order valence-electron chi connectivity index (χ4n) is 1.37. The van der Waals surface area contributed by atoms with Crippen molar-refractivity contribution in [2.45, 2.75) is 19.6 Å². The van der Waals surface area contributed by atoms with Crippen LogP contribution >= 0.6 is 0 Å². The first-order valence-corrected chi connectivity index (χ1v) is 8.78. The lowest BCUT2D eigenvalue weighted by Crippen LogP contribution is -2.16. The van der Waals surface area contributed by atoms with Crippen LogP contribution in [0.3, 0.4) is 0 Å². The summed E-state index contributed by atoms with van der Waals surface area (Å²) < 4.78 is 1.77. The predicted octanol–water partition coefficient (Wildman–Crippen LogP) is 2.20. The lowest BCUT2D eigenvalue weighted by Gasteiger charge is -2.03. The van der Waals surface area contributed by atoms with Gasteiger partial charge in [-0.3, -0.25) is 0 Å². The molecule has 4 heteroatoms. The van der Waals surface area contributed by atoms with Crippen molar-refractivity contribution < 1.29 is 0 Å². The van der Waals surface area contributed by atoms with Gasteiger partial charge in [-0.25, -0.2) is 4.68 Å². The van der Waals surface area contributed by atoms with E-state index in [-0.39, 0.29) is 0 Å². The van der Waals surface area contributed by atoms with Gasteiger partial charge >= 0.3 is 0 Å². The van der Waals surface area contributed by atoms with E-state index in [1.54, 1.807) is 4.68 Å². The zero-order valence-corrected chi connectivity index (χ0v) is 11.1. The molecular weight excluding hydrogens is 214 g/mol. The zero-order valence-electron chi connectivity index (χ0n) is 10.1. The van der Waals surface area contributed by atoms with Gasteiger partial charge in [0.15, 0.2) is 0 Å². The minimum Gasteiger partial charge on any atom is -0.248 e. The summed E-state index contributed by atoms with van der Waals surface area (Å²) in [5, 5.41) is 8.01. The molecule has 0 fully saturated rings. The molecule has 1 aromatic carbocycles. The molecular formula is C12H15N3Si. The molecule has 0 atom stereocenters. The maximum atomic E-state index is 4.04. The van der Waals surface area contributed by atoms with Crippen molar-refractivity contribution in [2.75, 3.05) is 0 Å². The lowest BCUT2D eigenvalue weighted by molar-refractivity contribution is 0.736. The molecule has 0 aliphatic carbocycles. The summed E-state index contributed by atoms with van der Waals surface area (Å²) in [6.45, 7) is 6.72. The normalized spacial score (nSPS) is 11.2. The van der Waals surface area contributed by atoms with Gasteiger partial charge in [-0.2, -0.15) is 0 Å². The monoisotopic (exact) mass is 229 g/mol. The van der Waals surface area contributed by atoms with Gasteiger partial charge in [0.25, 0.3) is 0 Å². The zero-order chi connectivity index (χ0) is 11.8. The Morgan fingerprint density at radius 1 is 1.25 bits per heavy atom. The number of hydrogen-bond acceptors (Lipinski definition) is 2. The highest BCUT2D eigenvalue weighted by Crippen LogP contribution is 2.12. The molecule has 0 radical (unpaired) electrons. The van der Waals surface area contributed by atoms with E-state index >= 15 is 0 Å². The molecule has 0 saturated heterocycles. The first kappa shape index (κ1) is 10.9. The Labute approximate surface area is 96.5 Å². The van der Waals surface area contributed by atoms with Gasteiger partial charge in [-0.05, 0) is 18.2 Å². The summed E-state index contributed by atoms with van der Waals surface area (Å²) in [4.78, 5) is 0. The van der Waals surface area contributed by atoms with Crippen LogP contribution in [-0.4, -0.2) is 23.1 Å². The third-order valence-corrected chi connectivity index (χ3v) is 3.07. The summed E-state index contributed by atoms with van der Waals surface area (Å²) >= 11 is 0. The third kappa shape index (κ3) is 2.31. The molecule has 0 aliphatic heterocycles. The summed E-state index contributed by atoms with van der Waals surface area (Å²) in [5.74, 6) is 3.24. The molecule has 0 spiro atoms. The fraction of sp³-hybridized carbons (Fsp3) is 0.333. The molecule has 1 aromatic heterocycles. The Morgan fingerprint density at radius 3 is 2.69 bits per heavy atom. The Balaban J connectivity index is 2.46. The maximum absolute atomic E-state index is 4.04. The highest BCUT2D eigenvalue weighted by Gasteiger charge is 2.07. The molecule has 0 unspecified atom stereocenters. The largest absolute Gasteiger partial charge is 0.248 e. The minimum absolute atomic E-state index is 0.918. The number of aryl methyl sites for hydroxylation is 1. The quantitative estimate of drug-likeness (QED) is 0.512. The number of nitrogens with zero attached hydrogens (tertiary/aromatic N) is 3.